The quantitative estimate of drug-likeness (QED) is 0.898. The van der Waals surface area contributed by atoms with Crippen molar-refractivity contribution in [2.45, 2.75) is 65.0 Å². The van der Waals surface area contributed by atoms with E-state index in [9.17, 15) is 9.59 Å². The number of hydrogen-bond donors (Lipinski definition) is 1. The lowest BCUT2D eigenvalue weighted by Crippen LogP contribution is -2.40. The zero-order valence-corrected chi connectivity index (χ0v) is 15.8. The summed E-state index contributed by atoms with van der Waals surface area (Å²) in [5.74, 6) is 0.396. The Morgan fingerprint density at radius 2 is 2.04 bits per heavy atom. The first-order valence-electron chi connectivity index (χ1n) is 9.48. The number of nitrogens with one attached hydrogen (secondary N) is 1. The molecule has 1 aliphatic carbocycles. The molecule has 1 aliphatic rings. The average molecular weight is 353 g/mol. The standard InChI is InChI=1S/C21H27N3O2/c1-4-11-24-20(25)13-17-12-18(9-10-19(17)23-24)22-21(26)16-7-5-15(6-8-16)14(2)3/h5-8,13-14,18H,4,9-12H2,1-3H3,(H,22,26). The number of nitrogens with zero attached hydrogens (tertiary/aromatic N) is 2. The summed E-state index contributed by atoms with van der Waals surface area (Å²) in [6.45, 7) is 6.96. The van der Waals surface area contributed by atoms with Crippen molar-refractivity contribution >= 4 is 5.91 Å². The van der Waals surface area contributed by atoms with Crippen LogP contribution in [0.25, 0.3) is 0 Å². The molecule has 138 valence electrons. The molecule has 1 aromatic carbocycles. The van der Waals surface area contributed by atoms with Crippen LogP contribution < -0.4 is 10.9 Å². The van der Waals surface area contributed by atoms with Gasteiger partial charge in [-0.15, -0.1) is 0 Å². The number of amides is 1. The van der Waals surface area contributed by atoms with Crippen molar-refractivity contribution in [2.75, 3.05) is 0 Å². The number of aromatic nitrogens is 2. The molecule has 1 atom stereocenters. The highest BCUT2D eigenvalue weighted by atomic mass is 16.1. The highest BCUT2D eigenvalue weighted by Crippen LogP contribution is 2.19. The number of rotatable bonds is 5. The van der Waals surface area contributed by atoms with Crippen molar-refractivity contribution in [3.63, 3.8) is 0 Å². The van der Waals surface area contributed by atoms with E-state index in [2.05, 4.69) is 24.3 Å². The van der Waals surface area contributed by atoms with Gasteiger partial charge in [-0.2, -0.15) is 5.10 Å². The molecule has 0 aliphatic heterocycles. The number of carbonyl (C=O) groups is 1. The predicted molar refractivity (Wildman–Crippen MR) is 103 cm³/mol. The third-order valence-electron chi connectivity index (χ3n) is 4.97. The summed E-state index contributed by atoms with van der Waals surface area (Å²) in [5.41, 5.74) is 3.81. The van der Waals surface area contributed by atoms with Crippen LogP contribution in [0.1, 0.15) is 66.7 Å². The van der Waals surface area contributed by atoms with Gasteiger partial charge in [0.05, 0.1) is 5.69 Å². The van der Waals surface area contributed by atoms with Crippen LogP contribution in [0.15, 0.2) is 35.1 Å². The Kier molecular flexibility index (Phi) is 5.55. The van der Waals surface area contributed by atoms with Gasteiger partial charge in [-0.1, -0.05) is 32.9 Å². The Morgan fingerprint density at radius 3 is 2.69 bits per heavy atom. The molecular formula is C21H27N3O2. The molecule has 0 spiro atoms. The molecule has 0 saturated heterocycles. The van der Waals surface area contributed by atoms with Crippen LogP contribution in [0.5, 0.6) is 0 Å². The largest absolute Gasteiger partial charge is 0.349 e. The van der Waals surface area contributed by atoms with Gasteiger partial charge in [-0.05, 0) is 54.9 Å². The zero-order chi connectivity index (χ0) is 18.7. The fraction of sp³-hybridized carbons (Fsp3) is 0.476. The van der Waals surface area contributed by atoms with Gasteiger partial charge in [0, 0.05) is 24.2 Å². The molecule has 26 heavy (non-hydrogen) atoms. The first-order valence-corrected chi connectivity index (χ1v) is 9.48. The zero-order valence-electron chi connectivity index (χ0n) is 15.8. The summed E-state index contributed by atoms with van der Waals surface area (Å²) < 4.78 is 1.55. The van der Waals surface area contributed by atoms with Crippen LogP contribution in [0.3, 0.4) is 0 Å². The lowest BCUT2D eigenvalue weighted by molar-refractivity contribution is 0.0933. The van der Waals surface area contributed by atoms with Crippen molar-refractivity contribution in [3.8, 4) is 0 Å². The Hall–Kier alpha value is -2.43. The minimum atomic E-state index is -0.0546. The Labute approximate surface area is 154 Å². The van der Waals surface area contributed by atoms with Gasteiger partial charge >= 0.3 is 0 Å². The van der Waals surface area contributed by atoms with E-state index >= 15 is 0 Å². The molecule has 3 rings (SSSR count). The van der Waals surface area contributed by atoms with E-state index in [1.165, 1.54) is 5.56 Å². The Bertz CT molecular complexity index is 837. The monoisotopic (exact) mass is 353 g/mol. The number of fused-ring (bicyclic) bond motifs is 1. The normalized spacial score (nSPS) is 16.4. The number of aryl methyl sites for hydroxylation is 2. The van der Waals surface area contributed by atoms with E-state index in [0.717, 1.165) is 30.5 Å². The fourth-order valence-corrected chi connectivity index (χ4v) is 3.42. The maximum atomic E-state index is 12.5. The van der Waals surface area contributed by atoms with Gasteiger partial charge in [0.25, 0.3) is 11.5 Å². The number of hydrogen-bond acceptors (Lipinski definition) is 3. The lowest BCUT2D eigenvalue weighted by Gasteiger charge is -2.25. The summed E-state index contributed by atoms with van der Waals surface area (Å²) in [7, 11) is 0. The molecule has 1 heterocycles. The molecule has 0 saturated carbocycles. The van der Waals surface area contributed by atoms with Crippen molar-refractivity contribution in [2.24, 2.45) is 0 Å². The maximum Gasteiger partial charge on any atom is 0.267 e. The van der Waals surface area contributed by atoms with Gasteiger partial charge in [0.2, 0.25) is 0 Å². The lowest BCUT2D eigenvalue weighted by atomic mass is 9.92. The highest BCUT2D eigenvalue weighted by molar-refractivity contribution is 5.94. The molecule has 1 unspecified atom stereocenters. The third-order valence-corrected chi connectivity index (χ3v) is 4.97. The van der Waals surface area contributed by atoms with E-state index in [4.69, 9.17) is 0 Å². The van der Waals surface area contributed by atoms with Crippen LogP contribution in [0, 0.1) is 0 Å². The van der Waals surface area contributed by atoms with Gasteiger partial charge < -0.3 is 5.32 Å². The molecule has 5 heteroatoms. The summed E-state index contributed by atoms with van der Waals surface area (Å²) >= 11 is 0. The Balaban J connectivity index is 1.68. The first kappa shape index (κ1) is 18.4. The molecule has 0 radical (unpaired) electrons. The molecular weight excluding hydrogens is 326 g/mol. The number of carbonyl (C=O) groups excluding carboxylic acids is 1. The van der Waals surface area contributed by atoms with Gasteiger partial charge in [0.15, 0.2) is 0 Å². The van der Waals surface area contributed by atoms with E-state index in [1.807, 2.05) is 31.2 Å². The molecule has 1 amide bonds. The Morgan fingerprint density at radius 1 is 1.31 bits per heavy atom. The summed E-state index contributed by atoms with van der Waals surface area (Å²) in [5, 5.41) is 7.60. The third kappa shape index (κ3) is 4.03. The van der Waals surface area contributed by atoms with E-state index in [-0.39, 0.29) is 17.5 Å². The smallest absolute Gasteiger partial charge is 0.267 e. The van der Waals surface area contributed by atoms with Gasteiger partial charge in [0.1, 0.15) is 0 Å². The molecule has 5 nitrogen and oxygen atoms in total. The first-order chi connectivity index (χ1) is 12.5. The van der Waals surface area contributed by atoms with Crippen LogP contribution in [-0.4, -0.2) is 21.7 Å². The van der Waals surface area contributed by atoms with Gasteiger partial charge in [-0.3, -0.25) is 9.59 Å². The molecule has 2 aromatic rings. The van der Waals surface area contributed by atoms with E-state index in [1.54, 1.807) is 10.7 Å². The number of benzene rings is 1. The average Bonchev–Trinajstić information content (AvgIpc) is 2.62. The molecule has 1 aromatic heterocycles. The van der Waals surface area contributed by atoms with Crippen molar-refractivity contribution in [1.82, 2.24) is 15.1 Å². The summed E-state index contributed by atoms with van der Waals surface area (Å²) in [4.78, 5) is 24.7. The summed E-state index contributed by atoms with van der Waals surface area (Å²) in [6, 6.07) is 9.51. The molecule has 0 fully saturated rings. The van der Waals surface area contributed by atoms with Crippen LogP contribution >= 0.6 is 0 Å². The fourth-order valence-electron chi connectivity index (χ4n) is 3.42. The van der Waals surface area contributed by atoms with Gasteiger partial charge in [-0.25, -0.2) is 4.68 Å². The van der Waals surface area contributed by atoms with E-state index in [0.29, 0.717) is 24.4 Å². The topological polar surface area (TPSA) is 64.0 Å². The minimum absolute atomic E-state index is 0.0444. The SMILES string of the molecule is CCCn1nc2c(cc1=O)CC(NC(=O)c1ccc(C(C)C)cc1)CC2. The molecule has 0 bridgehead atoms. The second kappa shape index (κ2) is 7.85. The van der Waals surface area contributed by atoms with Crippen LogP contribution in [0.2, 0.25) is 0 Å². The highest BCUT2D eigenvalue weighted by Gasteiger charge is 2.23. The van der Waals surface area contributed by atoms with Crippen LogP contribution in [0.4, 0.5) is 0 Å². The molecule has 1 N–H and O–H groups in total. The second-order valence-electron chi connectivity index (χ2n) is 7.37. The second-order valence-corrected chi connectivity index (χ2v) is 7.37. The van der Waals surface area contributed by atoms with Crippen molar-refractivity contribution in [3.05, 3.63) is 63.1 Å². The minimum Gasteiger partial charge on any atom is -0.349 e. The van der Waals surface area contributed by atoms with Crippen LogP contribution in [-0.2, 0) is 19.4 Å². The summed E-state index contributed by atoms with van der Waals surface area (Å²) in [6.07, 6.45) is 3.19. The van der Waals surface area contributed by atoms with E-state index < -0.39 is 0 Å². The van der Waals surface area contributed by atoms with Crippen molar-refractivity contribution < 1.29 is 4.79 Å². The predicted octanol–water partition coefficient (Wildman–Crippen LogP) is 3.06. The van der Waals surface area contributed by atoms with Crippen molar-refractivity contribution in [1.29, 1.82) is 0 Å². The maximum absolute atomic E-state index is 12.5.